The summed E-state index contributed by atoms with van der Waals surface area (Å²) in [6.45, 7) is 5.32. The first-order valence-electron chi connectivity index (χ1n) is 5.47. The normalized spacial score (nSPS) is 13.1. The van der Waals surface area contributed by atoms with Crippen molar-refractivity contribution in [1.29, 1.82) is 0 Å². The lowest BCUT2D eigenvalue weighted by Crippen LogP contribution is -2.38. The molecule has 0 aromatic carbocycles. The molecular formula is C12H20N2O. The molecule has 3 nitrogen and oxygen atoms in total. The number of hydrogen-bond acceptors (Lipinski definition) is 3. The Kier molecular flexibility index (Phi) is 5.29. The van der Waals surface area contributed by atoms with Crippen LogP contribution in [-0.4, -0.2) is 29.3 Å². The Labute approximate surface area is 91.5 Å². The highest BCUT2D eigenvalue weighted by molar-refractivity contribution is 5.09. The van der Waals surface area contributed by atoms with Gasteiger partial charge in [-0.05, 0) is 36.6 Å². The van der Waals surface area contributed by atoms with Crippen LogP contribution >= 0.6 is 0 Å². The lowest BCUT2D eigenvalue weighted by atomic mass is 10.1. The Bertz CT molecular complexity index is 262. The zero-order valence-corrected chi connectivity index (χ0v) is 9.48. The molecule has 1 heterocycles. The zero-order chi connectivity index (χ0) is 11.1. The van der Waals surface area contributed by atoms with Crippen molar-refractivity contribution in [3.8, 4) is 0 Å². The van der Waals surface area contributed by atoms with E-state index < -0.39 is 0 Å². The maximum Gasteiger partial charge on any atom is 0.0587 e. The lowest BCUT2D eigenvalue weighted by Gasteiger charge is -2.19. The molecule has 0 aliphatic rings. The molecule has 0 spiro atoms. The molecule has 0 unspecified atom stereocenters. The number of nitrogens with one attached hydrogen (secondary N) is 1. The number of pyridine rings is 1. The first-order chi connectivity index (χ1) is 7.24. The van der Waals surface area contributed by atoms with Gasteiger partial charge in [0.05, 0.1) is 6.61 Å². The van der Waals surface area contributed by atoms with Crippen LogP contribution in [0.1, 0.15) is 19.4 Å². The fourth-order valence-electron chi connectivity index (χ4n) is 1.46. The zero-order valence-electron chi connectivity index (χ0n) is 9.48. The van der Waals surface area contributed by atoms with E-state index >= 15 is 0 Å². The van der Waals surface area contributed by atoms with E-state index in [0.717, 1.165) is 13.0 Å². The van der Waals surface area contributed by atoms with Gasteiger partial charge >= 0.3 is 0 Å². The molecule has 2 N–H and O–H groups in total. The fraction of sp³-hybridized carbons (Fsp3) is 0.583. The number of hydrogen-bond donors (Lipinski definition) is 2. The van der Waals surface area contributed by atoms with Crippen LogP contribution in [0.2, 0.25) is 0 Å². The maximum absolute atomic E-state index is 9.12. The van der Waals surface area contributed by atoms with Crippen molar-refractivity contribution in [3.63, 3.8) is 0 Å². The molecule has 0 bridgehead atoms. The van der Waals surface area contributed by atoms with Gasteiger partial charge < -0.3 is 10.4 Å². The van der Waals surface area contributed by atoms with Gasteiger partial charge in [-0.25, -0.2) is 0 Å². The number of rotatable bonds is 6. The van der Waals surface area contributed by atoms with Crippen LogP contribution in [0.5, 0.6) is 0 Å². The third-order valence-corrected chi connectivity index (χ3v) is 2.57. The van der Waals surface area contributed by atoms with Crippen LogP contribution in [0.4, 0.5) is 0 Å². The van der Waals surface area contributed by atoms with Gasteiger partial charge in [-0.2, -0.15) is 0 Å². The molecule has 1 atom stereocenters. The molecular weight excluding hydrogens is 188 g/mol. The van der Waals surface area contributed by atoms with Gasteiger partial charge in [-0.1, -0.05) is 13.8 Å². The molecule has 3 heteroatoms. The molecule has 0 amide bonds. The van der Waals surface area contributed by atoms with Gasteiger partial charge in [0.1, 0.15) is 0 Å². The molecule has 1 rings (SSSR count). The number of aliphatic hydroxyl groups excluding tert-OH is 1. The molecule has 0 saturated carbocycles. The minimum absolute atomic E-state index is 0.201. The van der Waals surface area contributed by atoms with E-state index in [1.807, 2.05) is 12.1 Å². The summed E-state index contributed by atoms with van der Waals surface area (Å²) in [5, 5.41) is 12.5. The second-order valence-corrected chi connectivity index (χ2v) is 4.09. The van der Waals surface area contributed by atoms with E-state index in [-0.39, 0.29) is 12.6 Å². The van der Waals surface area contributed by atoms with Gasteiger partial charge in [-0.15, -0.1) is 0 Å². The van der Waals surface area contributed by atoms with Gasteiger partial charge in [-0.3, -0.25) is 4.98 Å². The highest BCUT2D eigenvalue weighted by Crippen LogP contribution is 2.01. The largest absolute Gasteiger partial charge is 0.395 e. The van der Waals surface area contributed by atoms with Crippen molar-refractivity contribution < 1.29 is 5.11 Å². The third kappa shape index (κ3) is 4.40. The molecule has 0 aliphatic carbocycles. The van der Waals surface area contributed by atoms with E-state index in [2.05, 4.69) is 24.1 Å². The Morgan fingerprint density at radius 2 is 2.00 bits per heavy atom. The van der Waals surface area contributed by atoms with Crippen LogP contribution in [-0.2, 0) is 6.42 Å². The van der Waals surface area contributed by atoms with Crippen LogP contribution < -0.4 is 5.32 Å². The Balaban J connectivity index is 2.27. The van der Waals surface area contributed by atoms with E-state index in [1.54, 1.807) is 12.4 Å². The van der Waals surface area contributed by atoms with Gasteiger partial charge in [0, 0.05) is 18.4 Å². The van der Waals surface area contributed by atoms with E-state index in [9.17, 15) is 0 Å². The maximum atomic E-state index is 9.12. The van der Waals surface area contributed by atoms with Crippen LogP contribution in [0.25, 0.3) is 0 Å². The fourth-order valence-corrected chi connectivity index (χ4v) is 1.46. The van der Waals surface area contributed by atoms with E-state index in [0.29, 0.717) is 5.92 Å². The highest BCUT2D eigenvalue weighted by Gasteiger charge is 2.10. The van der Waals surface area contributed by atoms with Crippen LogP contribution in [0.3, 0.4) is 0 Å². The predicted molar refractivity (Wildman–Crippen MR) is 61.7 cm³/mol. The minimum atomic E-state index is 0.201. The third-order valence-electron chi connectivity index (χ3n) is 2.57. The molecule has 1 aromatic rings. The summed E-state index contributed by atoms with van der Waals surface area (Å²) in [6.07, 6.45) is 4.59. The van der Waals surface area contributed by atoms with Crippen LogP contribution in [0.15, 0.2) is 24.5 Å². The second kappa shape index (κ2) is 6.53. The molecule has 15 heavy (non-hydrogen) atoms. The summed E-state index contributed by atoms with van der Waals surface area (Å²) in [5.41, 5.74) is 1.28. The predicted octanol–water partition coefficient (Wildman–Crippen LogP) is 1.23. The number of nitrogens with zero attached hydrogens (tertiary/aromatic N) is 1. The molecule has 1 aromatic heterocycles. The first-order valence-corrected chi connectivity index (χ1v) is 5.47. The second-order valence-electron chi connectivity index (χ2n) is 4.09. The monoisotopic (exact) mass is 208 g/mol. The summed E-state index contributed by atoms with van der Waals surface area (Å²) in [4.78, 5) is 3.97. The topological polar surface area (TPSA) is 45.1 Å². The van der Waals surface area contributed by atoms with Crippen molar-refractivity contribution in [1.82, 2.24) is 10.3 Å². The quantitative estimate of drug-likeness (QED) is 0.739. The minimum Gasteiger partial charge on any atom is -0.395 e. The Hall–Kier alpha value is -0.930. The average molecular weight is 208 g/mol. The Morgan fingerprint density at radius 3 is 2.53 bits per heavy atom. The first kappa shape index (κ1) is 12.1. The average Bonchev–Trinajstić information content (AvgIpc) is 2.25. The standard InChI is InChI=1S/C12H20N2O/c1-10(2)12(9-15)14-8-5-11-3-6-13-7-4-11/h3-4,6-7,10,12,14-15H,5,8-9H2,1-2H3/t12-/m1/s1. The van der Waals surface area contributed by atoms with Gasteiger partial charge in [0.2, 0.25) is 0 Å². The van der Waals surface area contributed by atoms with E-state index in [1.165, 1.54) is 5.56 Å². The molecule has 0 radical (unpaired) electrons. The summed E-state index contributed by atoms with van der Waals surface area (Å²) in [5.74, 6) is 0.465. The molecule has 0 fully saturated rings. The van der Waals surface area contributed by atoms with Crippen molar-refractivity contribution in [3.05, 3.63) is 30.1 Å². The van der Waals surface area contributed by atoms with Gasteiger partial charge in [0.25, 0.3) is 0 Å². The van der Waals surface area contributed by atoms with Crippen molar-refractivity contribution >= 4 is 0 Å². The van der Waals surface area contributed by atoms with Crippen molar-refractivity contribution in [2.45, 2.75) is 26.3 Å². The van der Waals surface area contributed by atoms with Gasteiger partial charge in [0.15, 0.2) is 0 Å². The SMILES string of the molecule is CC(C)[C@@H](CO)NCCc1ccncc1. The Morgan fingerprint density at radius 1 is 1.33 bits per heavy atom. The van der Waals surface area contributed by atoms with E-state index in [4.69, 9.17) is 5.11 Å². The summed E-state index contributed by atoms with van der Waals surface area (Å²) in [6, 6.07) is 4.24. The number of aliphatic hydroxyl groups is 1. The molecule has 0 aliphatic heterocycles. The highest BCUT2D eigenvalue weighted by atomic mass is 16.3. The smallest absolute Gasteiger partial charge is 0.0587 e. The number of aromatic nitrogens is 1. The van der Waals surface area contributed by atoms with Crippen molar-refractivity contribution in [2.75, 3.05) is 13.2 Å². The summed E-state index contributed by atoms with van der Waals surface area (Å²) in [7, 11) is 0. The summed E-state index contributed by atoms with van der Waals surface area (Å²) >= 11 is 0. The molecule has 0 saturated heterocycles. The van der Waals surface area contributed by atoms with Crippen LogP contribution in [0, 0.1) is 5.92 Å². The summed E-state index contributed by atoms with van der Waals surface area (Å²) < 4.78 is 0. The molecule has 84 valence electrons. The lowest BCUT2D eigenvalue weighted by molar-refractivity contribution is 0.212. The van der Waals surface area contributed by atoms with Crippen molar-refractivity contribution in [2.24, 2.45) is 5.92 Å².